The van der Waals surface area contributed by atoms with E-state index in [4.69, 9.17) is 0 Å². The maximum atomic E-state index is 3.52. The monoisotopic (exact) mass is 267 g/mol. The third kappa shape index (κ3) is 2.36. The smallest absolute Gasteiger partial charge is 0.0451 e. The van der Waals surface area contributed by atoms with Crippen LogP contribution in [0.3, 0.4) is 0 Å². The number of halogens is 1. The first-order valence-electron chi connectivity index (χ1n) is 4.36. The second-order valence-electron chi connectivity index (χ2n) is 2.96. The highest BCUT2D eigenvalue weighted by Gasteiger charge is 1.97. The molecule has 3 heteroatoms. The lowest BCUT2D eigenvalue weighted by Crippen LogP contribution is -1.98. The van der Waals surface area contributed by atoms with Crippen LogP contribution in [0.2, 0.25) is 0 Å². The second kappa shape index (κ2) is 4.62. The van der Waals surface area contributed by atoms with Crippen LogP contribution in [-0.2, 0) is 6.54 Å². The number of hydrogen-bond acceptors (Lipinski definition) is 2. The van der Waals surface area contributed by atoms with Gasteiger partial charge in [0.05, 0.1) is 0 Å². The zero-order valence-corrected chi connectivity index (χ0v) is 9.94. The highest BCUT2D eigenvalue weighted by atomic mass is 79.9. The third-order valence-electron chi connectivity index (χ3n) is 1.96. The fourth-order valence-electron chi connectivity index (χ4n) is 1.20. The van der Waals surface area contributed by atoms with Gasteiger partial charge in [0.2, 0.25) is 0 Å². The van der Waals surface area contributed by atoms with Crippen LogP contribution in [0.25, 0.3) is 0 Å². The Bertz CT molecular complexity index is 397. The maximum Gasteiger partial charge on any atom is 0.0451 e. The van der Waals surface area contributed by atoms with Crippen molar-refractivity contribution < 1.29 is 0 Å². The predicted octanol–water partition coefficient (Wildman–Crippen LogP) is 4.12. The Hall–Kier alpha value is -0.800. The third-order valence-corrected chi connectivity index (χ3v) is 3.42. The summed E-state index contributed by atoms with van der Waals surface area (Å²) in [4.78, 5) is 0. The van der Waals surface area contributed by atoms with Crippen molar-refractivity contribution in [1.82, 2.24) is 0 Å². The summed E-state index contributed by atoms with van der Waals surface area (Å²) in [5, 5.41) is 7.54. The molecule has 1 N–H and O–H groups in total. The SMILES string of the molecule is Brc1ccccc1CNc1ccsc1. The number of anilines is 1. The van der Waals surface area contributed by atoms with Crippen molar-refractivity contribution in [1.29, 1.82) is 0 Å². The van der Waals surface area contributed by atoms with Crippen LogP contribution >= 0.6 is 27.3 Å². The van der Waals surface area contributed by atoms with E-state index in [1.165, 1.54) is 11.3 Å². The standard InChI is InChI=1S/C11H10BrNS/c12-11-4-2-1-3-9(11)7-13-10-5-6-14-8-10/h1-6,8,13H,7H2. The Morgan fingerprint density at radius 2 is 2.07 bits per heavy atom. The number of rotatable bonds is 3. The van der Waals surface area contributed by atoms with Crippen LogP contribution in [0, 0.1) is 0 Å². The Balaban J connectivity index is 2.02. The summed E-state index contributed by atoms with van der Waals surface area (Å²) in [6, 6.07) is 10.3. The van der Waals surface area contributed by atoms with E-state index >= 15 is 0 Å². The van der Waals surface area contributed by atoms with Gasteiger partial charge in [-0.2, -0.15) is 11.3 Å². The van der Waals surface area contributed by atoms with Gasteiger partial charge in [-0.25, -0.2) is 0 Å². The van der Waals surface area contributed by atoms with Gasteiger partial charge in [-0.15, -0.1) is 0 Å². The highest BCUT2D eigenvalue weighted by Crippen LogP contribution is 2.18. The first-order valence-corrected chi connectivity index (χ1v) is 6.09. The van der Waals surface area contributed by atoms with Gasteiger partial charge >= 0.3 is 0 Å². The quantitative estimate of drug-likeness (QED) is 0.882. The highest BCUT2D eigenvalue weighted by molar-refractivity contribution is 9.10. The maximum absolute atomic E-state index is 3.52. The van der Waals surface area contributed by atoms with Crippen molar-refractivity contribution >= 4 is 33.0 Å². The summed E-state index contributed by atoms with van der Waals surface area (Å²) >= 11 is 5.23. The molecule has 0 fully saturated rings. The van der Waals surface area contributed by atoms with Crippen molar-refractivity contribution in [2.45, 2.75) is 6.54 Å². The Kier molecular flexibility index (Phi) is 3.22. The molecular weight excluding hydrogens is 258 g/mol. The van der Waals surface area contributed by atoms with Crippen molar-refractivity contribution in [3.63, 3.8) is 0 Å². The minimum Gasteiger partial charge on any atom is -0.380 e. The summed E-state index contributed by atoms with van der Waals surface area (Å²) in [6.45, 7) is 0.859. The number of thiophene rings is 1. The molecule has 0 unspecified atom stereocenters. The summed E-state index contributed by atoms with van der Waals surface area (Å²) in [5.41, 5.74) is 2.46. The number of hydrogen-bond donors (Lipinski definition) is 1. The van der Waals surface area contributed by atoms with Crippen LogP contribution < -0.4 is 5.32 Å². The van der Waals surface area contributed by atoms with E-state index < -0.39 is 0 Å². The fraction of sp³-hybridized carbons (Fsp3) is 0.0909. The first kappa shape index (κ1) is 9.74. The van der Waals surface area contributed by atoms with E-state index in [-0.39, 0.29) is 0 Å². The molecule has 1 heterocycles. The van der Waals surface area contributed by atoms with E-state index in [9.17, 15) is 0 Å². The molecule has 1 aromatic carbocycles. The van der Waals surface area contributed by atoms with E-state index in [0.29, 0.717) is 0 Å². The molecule has 0 radical (unpaired) electrons. The Labute approximate surface area is 95.9 Å². The lowest BCUT2D eigenvalue weighted by atomic mass is 10.2. The normalized spacial score (nSPS) is 10.1. The van der Waals surface area contributed by atoms with Crippen LogP contribution in [-0.4, -0.2) is 0 Å². The molecule has 0 saturated heterocycles. The molecule has 0 spiro atoms. The molecule has 72 valence electrons. The zero-order chi connectivity index (χ0) is 9.80. The minimum atomic E-state index is 0.859. The van der Waals surface area contributed by atoms with E-state index in [1.807, 2.05) is 6.07 Å². The van der Waals surface area contributed by atoms with Crippen molar-refractivity contribution in [3.8, 4) is 0 Å². The molecule has 0 amide bonds. The minimum absolute atomic E-state index is 0.859. The molecule has 0 aliphatic heterocycles. The van der Waals surface area contributed by atoms with Crippen LogP contribution in [0.4, 0.5) is 5.69 Å². The van der Waals surface area contributed by atoms with Crippen molar-refractivity contribution in [3.05, 3.63) is 51.1 Å². The van der Waals surface area contributed by atoms with E-state index in [1.54, 1.807) is 11.3 Å². The van der Waals surface area contributed by atoms with E-state index in [2.05, 4.69) is 56.3 Å². The molecule has 0 bridgehead atoms. The van der Waals surface area contributed by atoms with E-state index in [0.717, 1.165) is 11.0 Å². The van der Waals surface area contributed by atoms with Gasteiger partial charge in [-0.05, 0) is 23.1 Å². The van der Waals surface area contributed by atoms with Crippen LogP contribution in [0.1, 0.15) is 5.56 Å². The lowest BCUT2D eigenvalue weighted by molar-refractivity contribution is 1.14. The second-order valence-corrected chi connectivity index (χ2v) is 4.59. The lowest BCUT2D eigenvalue weighted by Gasteiger charge is -2.05. The predicted molar refractivity (Wildman–Crippen MR) is 65.8 cm³/mol. The number of nitrogens with one attached hydrogen (secondary N) is 1. The molecule has 0 aliphatic rings. The molecule has 0 atom stereocenters. The molecule has 1 nitrogen and oxygen atoms in total. The average Bonchev–Trinajstić information content (AvgIpc) is 2.69. The Morgan fingerprint density at radius 1 is 1.21 bits per heavy atom. The molecule has 2 aromatic rings. The summed E-state index contributed by atoms with van der Waals surface area (Å²) in [5.74, 6) is 0. The van der Waals surface area contributed by atoms with Gasteiger partial charge in [0.1, 0.15) is 0 Å². The summed E-state index contributed by atoms with van der Waals surface area (Å²) < 4.78 is 1.16. The van der Waals surface area contributed by atoms with Gasteiger partial charge in [0, 0.05) is 22.1 Å². The largest absolute Gasteiger partial charge is 0.380 e. The van der Waals surface area contributed by atoms with Gasteiger partial charge < -0.3 is 5.32 Å². The van der Waals surface area contributed by atoms with Crippen LogP contribution in [0.15, 0.2) is 45.6 Å². The molecule has 14 heavy (non-hydrogen) atoms. The van der Waals surface area contributed by atoms with Gasteiger partial charge in [-0.3, -0.25) is 0 Å². The van der Waals surface area contributed by atoms with Gasteiger partial charge in [-0.1, -0.05) is 34.1 Å². The average molecular weight is 268 g/mol. The molecule has 0 saturated carbocycles. The molecule has 2 rings (SSSR count). The first-order chi connectivity index (χ1) is 6.86. The fourth-order valence-corrected chi connectivity index (χ4v) is 2.24. The zero-order valence-electron chi connectivity index (χ0n) is 7.53. The molecule has 0 aliphatic carbocycles. The van der Waals surface area contributed by atoms with Crippen LogP contribution in [0.5, 0.6) is 0 Å². The van der Waals surface area contributed by atoms with Crippen molar-refractivity contribution in [2.75, 3.05) is 5.32 Å². The van der Waals surface area contributed by atoms with Gasteiger partial charge in [0.15, 0.2) is 0 Å². The molecular formula is C11H10BrNS. The number of benzene rings is 1. The van der Waals surface area contributed by atoms with Crippen molar-refractivity contribution in [2.24, 2.45) is 0 Å². The topological polar surface area (TPSA) is 12.0 Å². The molecule has 1 aromatic heterocycles. The summed E-state index contributed by atoms with van der Waals surface area (Å²) in [7, 11) is 0. The summed E-state index contributed by atoms with van der Waals surface area (Å²) in [6.07, 6.45) is 0. The Morgan fingerprint density at radius 3 is 2.79 bits per heavy atom. The van der Waals surface area contributed by atoms with Gasteiger partial charge in [0.25, 0.3) is 0 Å².